The van der Waals surface area contributed by atoms with Gasteiger partial charge < -0.3 is 25.0 Å². The van der Waals surface area contributed by atoms with Gasteiger partial charge in [-0.3, -0.25) is 4.79 Å². The van der Waals surface area contributed by atoms with E-state index in [9.17, 15) is 20.1 Å². The van der Waals surface area contributed by atoms with Crippen LogP contribution < -0.4 is 10.2 Å². The van der Waals surface area contributed by atoms with Gasteiger partial charge in [0, 0.05) is 17.0 Å². The molecule has 0 aliphatic rings. The number of pyridine rings is 1. The van der Waals surface area contributed by atoms with Crippen LogP contribution in [0.5, 0.6) is 23.0 Å². The number of phenols is 2. The Kier molecular flexibility index (Phi) is 3.14. The van der Waals surface area contributed by atoms with Crippen LogP contribution in [0.3, 0.4) is 0 Å². The highest BCUT2D eigenvalue weighted by Gasteiger charge is 2.14. The van der Waals surface area contributed by atoms with Crippen LogP contribution in [0.15, 0.2) is 41.2 Å². The molecule has 0 fully saturated rings. The fourth-order valence-corrected chi connectivity index (χ4v) is 2.27. The van der Waals surface area contributed by atoms with Crippen LogP contribution in [-0.2, 0) is 0 Å². The highest BCUT2D eigenvalue weighted by Crippen LogP contribution is 2.33. The molecule has 0 aliphatic carbocycles. The number of rotatable bonds is 2. The van der Waals surface area contributed by atoms with Crippen LogP contribution in [0.1, 0.15) is 0 Å². The first-order valence-electron chi connectivity index (χ1n) is 6.46. The third-order valence-corrected chi connectivity index (χ3v) is 3.45. The van der Waals surface area contributed by atoms with Crippen molar-refractivity contribution >= 4 is 10.9 Å². The quantitative estimate of drug-likeness (QED) is 0.544. The van der Waals surface area contributed by atoms with Crippen LogP contribution in [0.25, 0.3) is 22.2 Å². The zero-order chi connectivity index (χ0) is 15.9. The van der Waals surface area contributed by atoms with Gasteiger partial charge in [-0.1, -0.05) is 0 Å². The Balaban J connectivity index is 2.31. The Morgan fingerprint density at radius 3 is 2.45 bits per heavy atom. The number of aromatic amines is 1. The average molecular weight is 299 g/mol. The number of hydrogen-bond donors (Lipinski definition) is 4. The predicted molar refractivity (Wildman–Crippen MR) is 81.6 cm³/mol. The first-order chi connectivity index (χ1) is 10.5. The van der Waals surface area contributed by atoms with Crippen molar-refractivity contribution in [1.82, 2.24) is 4.98 Å². The number of methoxy groups -OCH3 is 1. The fraction of sp³-hybridized carbons (Fsp3) is 0.0625. The van der Waals surface area contributed by atoms with Gasteiger partial charge in [0.2, 0.25) is 5.43 Å². The summed E-state index contributed by atoms with van der Waals surface area (Å²) in [5.74, 6) is -0.521. The SMILES string of the molecule is COc1ccc2c(=O)c(O)c(-c3ccc(O)c(O)c3)[nH]c2c1. The second kappa shape index (κ2) is 5.00. The van der Waals surface area contributed by atoms with Crippen LogP contribution in [-0.4, -0.2) is 27.4 Å². The Bertz CT molecular complexity index is 930. The molecule has 1 heterocycles. The summed E-state index contributed by atoms with van der Waals surface area (Å²) in [6.45, 7) is 0. The second-order valence-corrected chi connectivity index (χ2v) is 4.79. The van der Waals surface area contributed by atoms with Crippen molar-refractivity contribution in [1.29, 1.82) is 0 Å². The number of aromatic hydroxyl groups is 3. The van der Waals surface area contributed by atoms with E-state index in [0.29, 0.717) is 22.2 Å². The van der Waals surface area contributed by atoms with E-state index in [1.54, 1.807) is 18.2 Å². The fourth-order valence-electron chi connectivity index (χ4n) is 2.27. The number of benzene rings is 2. The smallest absolute Gasteiger partial charge is 0.231 e. The van der Waals surface area contributed by atoms with Crippen molar-refractivity contribution < 1.29 is 20.1 Å². The summed E-state index contributed by atoms with van der Waals surface area (Å²) in [5.41, 5.74) is 0.486. The summed E-state index contributed by atoms with van der Waals surface area (Å²) in [5, 5.41) is 29.4. The normalized spacial score (nSPS) is 10.8. The third kappa shape index (κ3) is 2.10. The number of H-pyrrole nitrogens is 1. The van der Waals surface area contributed by atoms with E-state index in [1.807, 2.05) is 0 Å². The van der Waals surface area contributed by atoms with E-state index >= 15 is 0 Å². The first-order valence-corrected chi connectivity index (χ1v) is 6.46. The topological polar surface area (TPSA) is 103 Å². The second-order valence-electron chi connectivity index (χ2n) is 4.79. The molecule has 0 aliphatic heterocycles. The molecule has 4 N–H and O–H groups in total. The molecular formula is C16H13NO5. The van der Waals surface area contributed by atoms with Crippen LogP contribution in [0.2, 0.25) is 0 Å². The zero-order valence-electron chi connectivity index (χ0n) is 11.6. The Labute approximate surface area is 124 Å². The minimum atomic E-state index is -0.529. The van der Waals surface area contributed by atoms with E-state index in [4.69, 9.17) is 4.74 Å². The lowest BCUT2D eigenvalue weighted by Crippen LogP contribution is -2.05. The summed E-state index contributed by atoms with van der Waals surface area (Å²) in [7, 11) is 1.51. The molecule has 112 valence electrons. The minimum Gasteiger partial charge on any atom is -0.504 e. The van der Waals surface area contributed by atoms with Crippen molar-refractivity contribution in [2.24, 2.45) is 0 Å². The average Bonchev–Trinajstić information content (AvgIpc) is 2.53. The van der Waals surface area contributed by atoms with Gasteiger partial charge >= 0.3 is 0 Å². The van der Waals surface area contributed by atoms with E-state index in [2.05, 4.69) is 4.98 Å². The van der Waals surface area contributed by atoms with Gasteiger partial charge in [-0.15, -0.1) is 0 Å². The van der Waals surface area contributed by atoms with Crippen molar-refractivity contribution in [3.05, 3.63) is 46.6 Å². The van der Waals surface area contributed by atoms with E-state index < -0.39 is 11.2 Å². The molecule has 22 heavy (non-hydrogen) atoms. The van der Waals surface area contributed by atoms with E-state index in [1.165, 1.54) is 25.3 Å². The van der Waals surface area contributed by atoms with Gasteiger partial charge in [0.25, 0.3) is 0 Å². The summed E-state index contributed by atoms with van der Waals surface area (Å²) >= 11 is 0. The minimum absolute atomic E-state index is 0.154. The van der Waals surface area contributed by atoms with Gasteiger partial charge in [-0.25, -0.2) is 0 Å². The van der Waals surface area contributed by atoms with Gasteiger partial charge in [0.15, 0.2) is 17.2 Å². The molecule has 6 nitrogen and oxygen atoms in total. The molecule has 0 spiro atoms. The van der Waals surface area contributed by atoms with Crippen molar-refractivity contribution in [2.45, 2.75) is 0 Å². The summed E-state index contributed by atoms with van der Waals surface area (Å²) < 4.78 is 5.12. The van der Waals surface area contributed by atoms with E-state index in [-0.39, 0.29) is 17.2 Å². The first kappa shape index (κ1) is 13.8. The lowest BCUT2D eigenvalue weighted by Gasteiger charge is -2.09. The number of phenolic OH excluding ortho intramolecular Hbond substituents is 2. The molecule has 2 aromatic carbocycles. The molecule has 0 radical (unpaired) electrons. The summed E-state index contributed by atoms with van der Waals surface area (Å²) in [6.07, 6.45) is 0. The molecule has 3 rings (SSSR count). The Morgan fingerprint density at radius 2 is 1.77 bits per heavy atom. The lowest BCUT2D eigenvalue weighted by molar-refractivity contribution is 0.404. The lowest BCUT2D eigenvalue weighted by atomic mass is 10.1. The monoisotopic (exact) mass is 299 g/mol. The van der Waals surface area contributed by atoms with Crippen LogP contribution >= 0.6 is 0 Å². The maximum atomic E-state index is 12.3. The number of hydrogen-bond acceptors (Lipinski definition) is 5. The summed E-state index contributed by atoms with van der Waals surface area (Å²) in [4.78, 5) is 15.2. The number of nitrogens with one attached hydrogen (secondary N) is 1. The standard InChI is InChI=1S/C16H13NO5/c1-22-9-3-4-10-11(7-9)17-14(16(21)15(10)20)8-2-5-12(18)13(19)6-8/h2-7,18-19,21H,1H3,(H,17,20). The third-order valence-electron chi connectivity index (χ3n) is 3.45. The molecular weight excluding hydrogens is 286 g/mol. The summed E-state index contributed by atoms with van der Waals surface area (Å²) in [6, 6.07) is 8.84. The number of fused-ring (bicyclic) bond motifs is 1. The van der Waals surface area contributed by atoms with Crippen molar-refractivity contribution in [2.75, 3.05) is 7.11 Å². The highest BCUT2D eigenvalue weighted by atomic mass is 16.5. The Hall–Kier alpha value is -3.15. The molecule has 0 atom stereocenters. The number of ether oxygens (including phenoxy) is 1. The highest BCUT2D eigenvalue weighted by molar-refractivity contribution is 5.85. The molecule has 0 saturated carbocycles. The molecule has 0 bridgehead atoms. The predicted octanol–water partition coefficient (Wildman–Crippen LogP) is 2.32. The molecule has 0 saturated heterocycles. The van der Waals surface area contributed by atoms with Gasteiger partial charge in [0.05, 0.1) is 18.3 Å². The van der Waals surface area contributed by atoms with Crippen LogP contribution in [0.4, 0.5) is 0 Å². The van der Waals surface area contributed by atoms with Crippen LogP contribution in [0, 0.1) is 0 Å². The molecule has 6 heteroatoms. The maximum absolute atomic E-state index is 12.3. The van der Waals surface area contributed by atoms with Gasteiger partial charge in [0.1, 0.15) is 5.75 Å². The molecule has 1 aromatic heterocycles. The van der Waals surface area contributed by atoms with E-state index in [0.717, 1.165) is 0 Å². The van der Waals surface area contributed by atoms with Gasteiger partial charge in [-0.2, -0.15) is 0 Å². The van der Waals surface area contributed by atoms with Crippen molar-refractivity contribution in [3.8, 4) is 34.3 Å². The Morgan fingerprint density at radius 1 is 1.00 bits per heavy atom. The zero-order valence-corrected chi connectivity index (χ0v) is 11.6. The molecule has 0 amide bonds. The molecule has 0 unspecified atom stereocenters. The maximum Gasteiger partial charge on any atom is 0.231 e. The van der Waals surface area contributed by atoms with Crippen molar-refractivity contribution in [3.63, 3.8) is 0 Å². The molecule has 3 aromatic rings. The largest absolute Gasteiger partial charge is 0.504 e. The van der Waals surface area contributed by atoms with Gasteiger partial charge in [-0.05, 0) is 30.3 Å². The number of aromatic nitrogens is 1.